The number of hydrogen-bond acceptors (Lipinski definition) is 5. The van der Waals surface area contributed by atoms with Crippen molar-refractivity contribution in [1.29, 1.82) is 0 Å². The van der Waals surface area contributed by atoms with Gasteiger partial charge in [0.1, 0.15) is 5.82 Å². The second kappa shape index (κ2) is 11.0. The third-order valence-corrected chi connectivity index (χ3v) is 7.45. The van der Waals surface area contributed by atoms with Crippen LogP contribution in [0.5, 0.6) is 0 Å². The Morgan fingerprint density at radius 3 is 2.71 bits per heavy atom. The summed E-state index contributed by atoms with van der Waals surface area (Å²) >= 11 is 0. The van der Waals surface area contributed by atoms with Crippen LogP contribution in [0.3, 0.4) is 0 Å². The lowest BCUT2D eigenvalue weighted by Crippen LogP contribution is -2.37. The van der Waals surface area contributed by atoms with Crippen molar-refractivity contribution < 1.29 is 22.3 Å². The van der Waals surface area contributed by atoms with E-state index in [4.69, 9.17) is 4.74 Å². The van der Waals surface area contributed by atoms with E-state index in [9.17, 15) is 17.6 Å². The van der Waals surface area contributed by atoms with E-state index in [2.05, 4.69) is 11.6 Å². The Morgan fingerprint density at radius 1 is 1.23 bits per heavy atom. The average Bonchev–Trinajstić information content (AvgIpc) is 3.49. The number of carbonyl (C=O) groups excluding carboxylic acids is 1. The van der Waals surface area contributed by atoms with Crippen LogP contribution in [0, 0.1) is 5.82 Å². The van der Waals surface area contributed by atoms with Crippen molar-refractivity contribution in [3.63, 3.8) is 0 Å². The Bertz CT molecular complexity index is 1280. The first-order valence-corrected chi connectivity index (χ1v) is 13.1. The number of allylic oxidation sites excluding steroid dienone is 1. The number of rotatable bonds is 10. The predicted octanol–water partition coefficient (Wildman–Crippen LogP) is 4.00. The van der Waals surface area contributed by atoms with Crippen LogP contribution < -0.4 is 0 Å². The van der Waals surface area contributed by atoms with Crippen LogP contribution >= 0.6 is 0 Å². The molecule has 0 unspecified atom stereocenters. The highest BCUT2D eigenvalue weighted by Gasteiger charge is 2.28. The third-order valence-electron chi connectivity index (χ3n) is 5.85. The van der Waals surface area contributed by atoms with Gasteiger partial charge in [-0.25, -0.2) is 17.8 Å². The van der Waals surface area contributed by atoms with E-state index in [1.807, 2.05) is 6.07 Å². The number of nitrogens with zero attached hydrogens (tertiary/aromatic N) is 3. The molecule has 0 N–H and O–H groups in total. The highest BCUT2D eigenvalue weighted by Crippen LogP contribution is 2.22. The van der Waals surface area contributed by atoms with Crippen LogP contribution in [0.1, 0.15) is 34.5 Å². The monoisotopic (exact) mass is 497 g/mol. The zero-order valence-corrected chi connectivity index (χ0v) is 20.2. The molecular formula is C26H28FN3O4S. The van der Waals surface area contributed by atoms with Gasteiger partial charge >= 0.3 is 0 Å². The van der Waals surface area contributed by atoms with E-state index in [0.717, 1.165) is 12.8 Å². The van der Waals surface area contributed by atoms with E-state index in [1.165, 1.54) is 24.4 Å². The van der Waals surface area contributed by atoms with Gasteiger partial charge in [-0.1, -0.05) is 42.5 Å². The fourth-order valence-corrected chi connectivity index (χ4v) is 5.70. The van der Waals surface area contributed by atoms with Crippen LogP contribution in [0.2, 0.25) is 0 Å². The molecule has 2 aromatic carbocycles. The van der Waals surface area contributed by atoms with Crippen LogP contribution in [0.4, 0.5) is 4.39 Å². The number of amides is 1. The molecule has 1 aromatic heterocycles. The molecule has 1 fully saturated rings. The highest BCUT2D eigenvalue weighted by molar-refractivity contribution is 7.90. The maximum Gasteiger partial charge on any atom is 0.254 e. The van der Waals surface area contributed by atoms with Gasteiger partial charge in [0, 0.05) is 25.3 Å². The number of sulfone groups is 1. The molecule has 1 aliphatic rings. The molecule has 184 valence electrons. The molecule has 2 heterocycles. The van der Waals surface area contributed by atoms with Gasteiger partial charge < -0.3 is 14.2 Å². The van der Waals surface area contributed by atoms with Gasteiger partial charge in [-0.2, -0.15) is 0 Å². The Kier molecular flexibility index (Phi) is 7.77. The fraction of sp³-hybridized carbons (Fsp3) is 0.308. The largest absolute Gasteiger partial charge is 0.376 e. The normalized spacial score (nSPS) is 15.7. The van der Waals surface area contributed by atoms with Gasteiger partial charge in [0.2, 0.25) is 15.0 Å². The highest BCUT2D eigenvalue weighted by atomic mass is 32.2. The van der Waals surface area contributed by atoms with E-state index in [1.54, 1.807) is 45.9 Å². The van der Waals surface area contributed by atoms with Crippen LogP contribution in [-0.2, 0) is 33.4 Å². The molecule has 0 radical (unpaired) electrons. The number of imidazole rings is 1. The SMILES string of the molecule is C=CCn1c(CN(C[C@H]2CCCO2)C(=O)c2cccc(F)c2)cnc1S(=O)(=O)Cc1ccccc1. The summed E-state index contributed by atoms with van der Waals surface area (Å²) in [5, 5.41) is -0.0773. The summed E-state index contributed by atoms with van der Waals surface area (Å²) in [7, 11) is -3.76. The first-order chi connectivity index (χ1) is 16.9. The van der Waals surface area contributed by atoms with E-state index in [-0.39, 0.29) is 41.6 Å². The summed E-state index contributed by atoms with van der Waals surface area (Å²) in [5.74, 6) is -1.05. The van der Waals surface area contributed by atoms with Crippen molar-refractivity contribution in [1.82, 2.24) is 14.5 Å². The van der Waals surface area contributed by atoms with Gasteiger partial charge in [-0.05, 0) is 36.6 Å². The van der Waals surface area contributed by atoms with Crippen molar-refractivity contribution in [2.24, 2.45) is 0 Å². The van der Waals surface area contributed by atoms with Gasteiger partial charge in [0.25, 0.3) is 5.91 Å². The van der Waals surface area contributed by atoms with Crippen molar-refractivity contribution in [3.8, 4) is 0 Å². The number of hydrogen-bond donors (Lipinski definition) is 0. The van der Waals surface area contributed by atoms with Gasteiger partial charge in [0.15, 0.2) is 0 Å². The Balaban J connectivity index is 1.65. The number of benzene rings is 2. The fourth-order valence-electron chi connectivity index (χ4n) is 4.20. The summed E-state index contributed by atoms with van der Waals surface area (Å²) in [4.78, 5) is 19.1. The number of carbonyl (C=O) groups is 1. The molecule has 7 nitrogen and oxygen atoms in total. The zero-order valence-electron chi connectivity index (χ0n) is 19.3. The van der Waals surface area contributed by atoms with E-state index >= 15 is 0 Å². The second-order valence-corrected chi connectivity index (χ2v) is 10.4. The summed E-state index contributed by atoms with van der Waals surface area (Å²) in [6.45, 7) is 4.99. The number of halogens is 1. The molecule has 9 heteroatoms. The maximum absolute atomic E-state index is 13.8. The minimum absolute atomic E-state index is 0.0773. The lowest BCUT2D eigenvalue weighted by molar-refractivity contribution is 0.0501. The Morgan fingerprint density at radius 2 is 2.03 bits per heavy atom. The summed E-state index contributed by atoms with van der Waals surface area (Å²) in [6, 6.07) is 14.4. The maximum atomic E-state index is 13.8. The minimum Gasteiger partial charge on any atom is -0.376 e. The number of aromatic nitrogens is 2. The summed E-state index contributed by atoms with van der Waals surface area (Å²) < 4.78 is 47.5. The standard InChI is InChI=1S/C26H28FN3O4S/c1-2-13-30-23(16-28-26(30)35(32,33)19-20-8-4-3-5-9-20)17-29(18-24-12-7-14-34-24)25(31)21-10-6-11-22(27)15-21/h2-6,8-11,15-16,24H,1,7,12-14,17-19H2/t24-/m1/s1. The van der Waals surface area contributed by atoms with Crippen LogP contribution in [0.15, 0.2) is 78.6 Å². The topological polar surface area (TPSA) is 81.5 Å². The molecular weight excluding hydrogens is 469 g/mol. The summed E-state index contributed by atoms with van der Waals surface area (Å²) in [5.41, 5.74) is 1.41. The molecule has 35 heavy (non-hydrogen) atoms. The molecule has 1 saturated heterocycles. The number of ether oxygens (including phenoxy) is 1. The van der Waals surface area contributed by atoms with E-state index in [0.29, 0.717) is 24.4 Å². The molecule has 1 atom stereocenters. The zero-order chi connectivity index (χ0) is 24.8. The van der Waals surface area contributed by atoms with E-state index < -0.39 is 15.7 Å². The molecule has 0 bridgehead atoms. The van der Waals surface area contributed by atoms with Crippen molar-refractivity contribution in [3.05, 3.63) is 96.1 Å². The molecule has 0 aliphatic carbocycles. The Hall–Kier alpha value is -3.30. The lowest BCUT2D eigenvalue weighted by atomic mass is 10.1. The van der Waals surface area contributed by atoms with Gasteiger partial charge in [0.05, 0.1) is 30.3 Å². The first-order valence-electron chi connectivity index (χ1n) is 11.5. The molecule has 1 amide bonds. The Labute approximate surface area is 204 Å². The minimum atomic E-state index is -3.76. The van der Waals surface area contributed by atoms with Gasteiger partial charge in [-0.15, -0.1) is 6.58 Å². The molecule has 0 saturated carbocycles. The van der Waals surface area contributed by atoms with Crippen molar-refractivity contribution in [2.75, 3.05) is 13.2 Å². The van der Waals surface area contributed by atoms with Crippen molar-refractivity contribution >= 4 is 15.7 Å². The van der Waals surface area contributed by atoms with Crippen molar-refractivity contribution in [2.45, 2.75) is 42.9 Å². The average molecular weight is 498 g/mol. The second-order valence-electron chi connectivity index (χ2n) is 8.51. The smallest absolute Gasteiger partial charge is 0.254 e. The quantitative estimate of drug-likeness (QED) is 0.396. The summed E-state index contributed by atoms with van der Waals surface area (Å²) in [6.07, 6.45) is 4.65. The van der Waals surface area contributed by atoms with Crippen LogP contribution in [-0.4, -0.2) is 48.0 Å². The molecule has 4 rings (SSSR count). The third kappa shape index (κ3) is 6.04. The van der Waals surface area contributed by atoms with Crippen LogP contribution in [0.25, 0.3) is 0 Å². The van der Waals surface area contributed by atoms with Gasteiger partial charge in [-0.3, -0.25) is 4.79 Å². The molecule has 0 spiro atoms. The predicted molar refractivity (Wildman–Crippen MR) is 130 cm³/mol. The first kappa shape index (κ1) is 24.8. The molecule has 1 aliphatic heterocycles. The molecule has 3 aromatic rings. The lowest BCUT2D eigenvalue weighted by Gasteiger charge is -2.26.